The first-order valence-electron chi connectivity index (χ1n) is 7.61. The lowest BCUT2D eigenvalue weighted by Gasteiger charge is -2.19. The molecule has 2 aromatic heterocycles. The van der Waals surface area contributed by atoms with E-state index in [-0.39, 0.29) is 6.04 Å². The van der Waals surface area contributed by atoms with Crippen LogP contribution in [-0.2, 0) is 19.5 Å². The van der Waals surface area contributed by atoms with Crippen LogP contribution in [0.3, 0.4) is 0 Å². The average Bonchev–Trinajstić information content (AvgIpc) is 3.06. The van der Waals surface area contributed by atoms with Gasteiger partial charge in [-0.15, -0.1) is 0 Å². The van der Waals surface area contributed by atoms with Crippen LogP contribution < -0.4 is 5.32 Å². The van der Waals surface area contributed by atoms with Gasteiger partial charge in [0.2, 0.25) is 0 Å². The van der Waals surface area contributed by atoms with E-state index in [1.807, 2.05) is 13.2 Å². The minimum absolute atomic E-state index is 0.0844. The molecule has 2 rings (SSSR count). The number of hydrogen-bond acceptors (Lipinski definition) is 3. The van der Waals surface area contributed by atoms with Crippen molar-refractivity contribution < 1.29 is 0 Å². The molecule has 2 heterocycles. The number of nitrogens with zero attached hydrogens (tertiary/aromatic N) is 4. The van der Waals surface area contributed by atoms with Crippen molar-refractivity contribution >= 4 is 15.9 Å². The molecule has 0 amide bonds. The van der Waals surface area contributed by atoms with E-state index in [1.54, 1.807) is 0 Å². The summed E-state index contributed by atoms with van der Waals surface area (Å²) in [4.78, 5) is 0. The molecule has 1 N–H and O–H groups in total. The Kier molecular flexibility index (Phi) is 5.58. The summed E-state index contributed by atoms with van der Waals surface area (Å²) < 4.78 is 5.19. The molecule has 0 aromatic carbocycles. The molecule has 6 heteroatoms. The summed E-state index contributed by atoms with van der Waals surface area (Å²) in [7, 11) is 1.99. The SMILES string of the molecule is CCCn1ncc(Br)c1C(NC)c1cc(CC)nn1CC. The fourth-order valence-corrected chi connectivity index (χ4v) is 3.14. The van der Waals surface area contributed by atoms with E-state index >= 15 is 0 Å². The number of nitrogens with one attached hydrogen (secondary N) is 1. The zero-order chi connectivity index (χ0) is 15.4. The van der Waals surface area contributed by atoms with Gasteiger partial charge in [-0.1, -0.05) is 13.8 Å². The third-order valence-corrected chi connectivity index (χ3v) is 4.26. The average molecular weight is 354 g/mol. The van der Waals surface area contributed by atoms with Crippen LogP contribution in [0.15, 0.2) is 16.7 Å². The number of halogens is 1. The Balaban J connectivity index is 2.49. The first kappa shape index (κ1) is 16.2. The predicted molar refractivity (Wildman–Crippen MR) is 88.4 cm³/mol. The monoisotopic (exact) mass is 353 g/mol. The summed E-state index contributed by atoms with van der Waals surface area (Å²) in [6.07, 6.45) is 3.89. The molecule has 5 nitrogen and oxygen atoms in total. The van der Waals surface area contributed by atoms with E-state index in [0.29, 0.717) is 0 Å². The summed E-state index contributed by atoms with van der Waals surface area (Å²) in [5, 5.41) is 12.6. The second kappa shape index (κ2) is 7.22. The van der Waals surface area contributed by atoms with Gasteiger partial charge in [-0.25, -0.2) is 0 Å². The van der Waals surface area contributed by atoms with Gasteiger partial charge in [-0.2, -0.15) is 10.2 Å². The van der Waals surface area contributed by atoms with Crippen molar-refractivity contribution in [1.82, 2.24) is 24.9 Å². The first-order chi connectivity index (χ1) is 10.2. The van der Waals surface area contributed by atoms with E-state index in [2.05, 4.69) is 67.6 Å². The second-order valence-electron chi connectivity index (χ2n) is 5.05. The summed E-state index contributed by atoms with van der Waals surface area (Å²) in [5.74, 6) is 0. The normalized spacial score (nSPS) is 12.8. The lowest BCUT2D eigenvalue weighted by Crippen LogP contribution is -2.25. The van der Waals surface area contributed by atoms with Gasteiger partial charge >= 0.3 is 0 Å². The highest BCUT2D eigenvalue weighted by molar-refractivity contribution is 9.10. The van der Waals surface area contributed by atoms with Crippen LogP contribution in [0.2, 0.25) is 0 Å². The zero-order valence-corrected chi connectivity index (χ0v) is 14.8. The maximum absolute atomic E-state index is 4.66. The Morgan fingerprint density at radius 1 is 1.29 bits per heavy atom. The quantitative estimate of drug-likeness (QED) is 0.831. The van der Waals surface area contributed by atoms with E-state index in [9.17, 15) is 0 Å². The highest BCUT2D eigenvalue weighted by Gasteiger charge is 2.24. The molecule has 0 aliphatic carbocycles. The molecule has 2 aromatic rings. The molecule has 1 unspecified atom stereocenters. The standard InChI is InChI=1S/C15H24BrN5/c1-5-8-21-15(12(16)10-18-21)14(17-4)13-9-11(6-2)19-20(13)7-3/h9-10,14,17H,5-8H2,1-4H3. The maximum atomic E-state index is 4.66. The van der Waals surface area contributed by atoms with Crippen LogP contribution in [0, 0.1) is 0 Å². The Labute approximate surface area is 134 Å². The van der Waals surface area contributed by atoms with Crippen molar-refractivity contribution in [3.63, 3.8) is 0 Å². The maximum Gasteiger partial charge on any atom is 0.0928 e. The van der Waals surface area contributed by atoms with Crippen molar-refractivity contribution in [1.29, 1.82) is 0 Å². The molecular formula is C15H24BrN5. The number of hydrogen-bond donors (Lipinski definition) is 1. The highest BCUT2D eigenvalue weighted by atomic mass is 79.9. The van der Waals surface area contributed by atoms with Crippen LogP contribution in [0.5, 0.6) is 0 Å². The fraction of sp³-hybridized carbons (Fsp3) is 0.600. The summed E-state index contributed by atoms with van der Waals surface area (Å²) in [6.45, 7) is 8.21. The van der Waals surface area contributed by atoms with Gasteiger partial charge in [-0.3, -0.25) is 9.36 Å². The predicted octanol–water partition coefficient (Wildman–Crippen LogP) is 3.14. The Morgan fingerprint density at radius 2 is 2.05 bits per heavy atom. The van der Waals surface area contributed by atoms with Gasteiger partial charge < -0.3 is 5.32 Å². The van der Waals surface area contributed by atoms with E-state index in [1.165, 1.54) is 5.69 Å². The molecule has 0 spiro atoms. The van der Waals surface area contributed by atoms with Crippen molar-refractivity contribution in [3.05, 3.63) is 33.8 Å². The van der Waals surface area contributed by atoms with Gasteiger partial charge in [-0.05, 0) is 48.8 Å². The number of aryl methyl sites for hydroxylation is 3. The minimum Gasteiger partial charge on any atom is -0.307 e. The molecule has 1 atom stereocenters. The number of rotatable bonds is 7. The second-order valence-corrected chi connectivity index (χ2v) is 5.91. The molecule has 116 valence electrons. The smallest absolute Gasteiger partial charge is 0.0928 e. The van der Waals surface area contributed by atoms with E-state index in [0.717, 1.165) is 41.8 Å². The molecule has 0 aliphatic heterocycles. The summed E-state index contributed by atoms with van der Waals surface area (Å²) >= 11 is 3.64. The summed E-state index contributed by atoms with van der Waals surface area (Å²) in [6, 6.07) is 2.28. The molecule has 0 bridgehead atoms. The lowest BCUT2D eigenvalue weighted by atomic mass is 10.1. The molecule has 0 saturated heterocycles. The third-order valence-electron chi connectivity index (χ3n) is 3.65. The minimum atomic E-state index is 0.0844. The van der Waals surface area contributed by atoms with Crippen molar-refractivity contribution in [2.45, 2.75) is 52.7 Å². The molecule has 0 fully saturated rings. The molecular weight excluding hydrogens is 330 g/mol. The van der Waals surface area contributed by atoms with Gasteiger partial charge in [0.25, 0.3) is 0 Å². The number of aromatic nitrogens is 4. The van der Waals surface area contributed by atoms with E-state index < -0.39 is 0 Å². The van der Waals surface area contributed by atoms with Crippen LogP contribution in [0.25, 0.3) is 0 Å². The van der Waals surface area contributed by atoms with Crippen LogP contribution in [0.4, 0.5) is 0 Å². The van der Waals surface area contributed by atoms with Crippen molar-refractivity contribution in [2.24, 2.45) is 0 Å². The van der Waals surface area contributed by atoms with Gasteiger partial charge in [0.1, 0.15) is 0 Å². The first-order valence-corrected chi connectivity index (χ1v) is 8.40. The fourth-order valence-electron chi connectivity index (χ4n) is 2.62. The molecule has 0 aliphatic rings. The topological polar surface area (TPSA) is 47.7 Å². The third kappa shape index (κ3) is 3.21. The molecule has 21 heavy (non-hydrogen) atoms. The summed E-state index contributed by atoms with van der Waals surface area (Å²) in [5.41, 5.74) is 3.48. The Hall–Kier alpha value is -1.14. The van der Waals surface area contributed by atoms with Gasteiger partial charge in [0.05, 0.1) is 33.8 Å². The van der Waals surface area contributed by atoms with E-state index in [4.69, 9.17) is 0 Å². The van der Waals surface area contributed by atoms with Crippen molar-refractivity contribution in [3.8, 4) is 0 Å². The van der Waals surface area contributed by atoms with Gasteiger partial charge in [0.15, 0.2) is 0 Å². The van der Waals surface area contributed by atoms with Crippen molar-refractivity contribution in [2.75, 3.05) is 7.05 Å². The van der Waals surface area contributed by atoms with Crippen LogP contribution in [0.1, 0.15) is 50.3 Å². The highest BCUT2D eigenvalue weighted by Crippen LogP contribution is 2.29. The zero-order valence-electron chi connectivity index (χ0n) is 13.2. The van der Waals surface area contributed by atoms with Crippen LogP contribution in [-0.4, -0.2) is 26.6 Å². The Morgan fingerprint density at radius 3 is 2.62 bits per heavy atom. The Bertz CT molecular complexity index is 587. The lowest BCUT2D eigenvalue weighted by molar-refractivity contribution is 0.502. The molecule has 0 radical (unpaired) electrons. The van der Waals surface area contributed by atoms with Crippen LogP contribution >= 0.6 is 15.9 Å². The van der Waals surface area contributed by atoms with Gasteiger partial charge in [0, 0.05) is 13.1 Å². The largest absolute Gasteiger partial charge is 0.307 e. The molecule has 0 saturated carbocycles.